The van der Waals surface area contributed by atoms with Crippen LogP contribution in [0.5, 0.6) is 0 Å². The summed E-state index contributed by atoms with van der Waals surface area (Å²) in [6.07, 6.45) is 4.98. The van der Waals surface area contributed by atoms with Gasteiger partial charge < -0.3 is 16.0 Å². The molecule has 0 aromatic heterocycles. The maximum Gasteiger partial charge on any atom is 0.251 e. The fourth-order valence-corrected chi connectivity index (χ4v) is 3.96. The van der Waals surface area contributed by atoms with Crippen LogP contribution in [0.2, 0.25) is 0 Å². The second kappa shape index (κ2) is 8.87. The van der Waals surface area contributed by atoms with Crippen LogP contribution in [0, 0.1) is 12.8 Å². The molecule has 2 atom stereocenters. The Hall–Kier alpha value is -1.59. The van der Waals surface area contributed by atoms with Crippen LogP contribution in [0.3, 0.4) is 0 Å². The van der Waals surface area contributed by atoms with Crippen molar-refractivity contribution in [2.24, 2.45) is 5.92 Å². The number of hydrogen-bond donors (Lipinski definition) is 3. The van der Waals surface area contributed by atoms with Gasteiger partial charge in [0.05, 0.1) is 0 Å². The van der Waals surface area contributed by atoms with Gasteiger partial charge in [-0.25, -0.2) is 0 Å². The summed E-state index contributed by atoms with van der Waals surface area (Å²) in [5.74, 6) is 0.320. The predicted octanol–water partition coefficient (Wildman–Crippen LogP) is 3.41. The Morgan fingerprint density at radius 1 is 1.19 bits per heavy atom. The van der Waals surface area contributed by atoms with Crippen molar-refractivity contribution < 1.29 is 9.59 Å². The van der Waals surface area contributed by atoms with Crippen LogP contribution in [0.1, 0.15) is 61.9 Å². The standard InChI is InChI=1S/C20H29N3O2.ClH/c1-12(2)8-19(24)23-18-7-4-14(9-13(18)3)20(25)22-17-10-15-5-6-16(11-17)21-15;/h4,7,9,12,15-17,21H,5-6,8,10-11H2,1-3H3,(H,22,25)(H,23,24);1H. The van der Waals surface area contributed by atoms with Crippen molar-refractivity contribution in [3.63, 3.8) is 0 Å². The number of nitrogens with one attached hydrogen (secondary N) is 3. The third-order valence-electron chi connectivity index (χ3n) is 5.16. The highest BCUT2D eigenvalue weighted by molar-refractivity contribution is 5.96. The van der Waals surface area contributed by atoms with Gasteiger partial charge in [-0.1, -0.05) is 13.8 Å². The van der Waals surface area contributed by atoms with Crippen molar-refractivity contribution in [1.82, 2.24) is 10.6 Å². The molecule has 2 fully saturated rings. The molecule has 2 bridgehead atoms. The first-order valence-corrected chi connectivity index (χ1v) is 9.38. The number of halogens is 1. The molecule has 3 rings (SSSR count). The van der Waals surface area contributed by atoms with Gasteiger partial charge in [0.25, 0.3) is 5.91 Å². The fraction of sp³-hybridized carbons (Fsp3) is 0.600. The Kier molecular flexibility index (Phi) is 7.07. The number of aryl methyl sites for hydroxylation is 1. The molecule has 3 N–H and O–H groups in total. The highest BCUT2D eigenvalue weighted by atomic mass is 35.5. The van der Waals surface area contributed by atoms with Crippen molar-refractivity contribution in [3.05, 3.63) is 29.3 Å². The monoisotopic (exact) mass is 379 g/mol. The predicted molar refractivity (Wildman–Crippen MR) is 107 cm³/mol. The van der Waals surface area contributed by atoms with E-state index in [9.17, 15) is 9.59 Å². The van der Waals surface area contributed by atoms with Gasteiger partial charge in [-0.05, 0) is 62.3 Å². The summed E-state index contributed by atoms with van der Waals surface area (Å²) in [6, 6.07) is 6.86. The van der Waals surface area contributed by atoms with Crippen LogP contribution in [0.25, 0.3) is 0 Å². The van der Waals surface area contributed by atoms with E-state index < -0.39 is 0 Å². The number of carbonyl (C=O) groups is 2. The lowest BCUT2D eigenvalue weighted by molar-refractivity contribution is -0.116. The topological polar surface area (TPSA) is 70.2 Å². The number of fused-ring (bicyclic) bond motifs is 2. The molecule has 2 heterocycles. The maximum atomic E-state index is 12.6. The summed E-state index contributed by atoms with van der Waals surface area (Å²) < 4.78 is 0. The molecular weight excluding hydrogens is 350 g/mol. The van der Waals surface area contributed by atoms with Crippen molar-refractivity contribution in [2.45, 2.75) is 71.0 Å². The van der Waals surface area contributed by atoms with Crippen molar-refractivity contribution in [2.75, 3.05) is 5.32 Å². The van der Waals surface area contributed by atoms with Crippen molar-refractivity contribution in [1.29, 1.82) is 0 Å². The molecule has 2 amide bonds. The van der Waals surface area contributed by atoms with E-state index in [1.165, 1.54) is 12.8 Å². The van der Waals surface area contributed by atoms with E-state index in [0.717, 1.165) is 24.1 Å². The summed E-state index contributed by atoms with van der Waals surface area (Å²) >= 11 is 0. The number of piperidine rings is 1. The molecule has 0 saturated carbocycles. The molecule has 2 unspecified atom stereocenters. The highest BCUT2D eigenvalue weighted by Crippen LogP contribution is 2.27. The van der Waals surface area contributed by atoms with Gasteiger partial charge in [0, 0.05) is 35.8 Å². The molecule has 144 valence electrons. The number of amides is 2. The molecule has 2 aliphatic heterocycles. The van der Waals surface area contributed by atoms with E-state index >= 15 is 0 Å². The third-order valence-corrected chi connectivity index (χ3v) is 5.16. The van der Waals surface area contributed by atoms with E-state index in [-0.39, 0.29) is 30.3 Å². The van der Waals surface area contributed by atoms with Gasteiger partial charge in [0.2, 0.25) is 5.91 Å². The lowest BCUT2D eigenvalue weighted by Gasteiger charge is -2.29. The second-order valence-electron chi connectivity index (χ2n) is 7.96. The number of hydrogen-bond acceptors (Lipinski definition) is 3. The number of benzene rings is 1. The minimum Gasteiger partial charge on any atom is -0.349 e. The minimum atomic E-state index is -0.0190. The molecular formula is C20H30ClN3O2. The zero-order valence-electron chi connectivity index (χ0n) is 15.8. The van der Waals surface area contributed by atoms with Gasteiger partial charge in [-0.2, -0.15) is 0 Å². The number of anilines is 1. The fourth-order valence-electron chi connectivity index (χ4n) is 3.96. The Morgan fingerprint density at radius 3 is 2.42 bits per heavy atom. The van der Waals surface area contributed by atoms with Crippen LogP contribution in [-0.2, 0) is 4.79 Å². The van der Waals surface area contributed by atoms with Gasteiger partial charge in [-0.3, -0.25) is 9.59 Å². The van der Waals surface area contributed by atoms with Crippen LogP contribution in [0.4, 0.5) is 5.69 Å². The number of carbonyl (C=O) groups excluding carboxylic acids is 2. The lowest BCUT2D eigenvalue weighted by Crippen LogP contribution is -2.48. The smallest absolute Gasteiger partial charge is 0.251 e. The van der Waals surface area contributed by atoms with E-state index in [4.69, 9.17) is 0 Å². The molecule has 5 nitrogen and oxygen atoms in total. The Bertz CT molecular complexity index is 650. The van der Waals surface area contributed by atoms with E-state index in [1.54, 1.807) is 6.07 Å². The molecule has 2 aliphatic rings. The van der Waals surface area contributed by atoms with Crippen molar-refractivity contribution >= 4 is 29.9 Å². The summed E-state index contributed by atoms with van der Waals surface area (Å²) in [5.41, 5.74) is 2.35. The summed E-state index contributed by atoms with van der Waals surface area (Å²) in [4.78, 5) is 24.5. The van der Waals surface area contributed by atoms with Gasteiger partial charge in [0.15, 0.2) is 0 Å². The average Bonchev–Trinajstić information content (AvgIpc) is 2.87. The molecule has 6 heteroatoms. The lowest BCUT2D eigenvalue weighted by atomic mass is 9.99. The molecule has 0 spiro atoms. The van der Waals surface area contributed by atoms with Gasteiger partial charge >= 0.3 is 0 Å². The quantitative estimate of drug-likeness (QED) is 0.734. The van der Waals surface area contributed by atoms with Crippen LogP contribution in [-0.4, -0.2) is 29.9 Å². The van der Waals surface area contributed by atoms with Gasteiger partial charge in [-0.15, -0.1) is 12.4 Å². The SMILES string of the molecule is Cc1cc(C(=O)NC2CC3CCC(C2)N3)ccc1NC(=O)CC(C)C.Cl. The number of rotatable bonds is 5. The first kappa shape index (κ1) is 20.7. The first-order valence-electron chi connectivity index (χ1n) is 9.38. The Morgan fingerprint density at radius 2 is 1.85 bits per heavy atom. The van der Waals surface area contributed by atoms with Crippen LogP contribution in [0.15, 0.2) is 18.2 Å². The summed E-state index contributed by atoms with van der Waals surface area (Å²) in [6.45, 7) is 5.96. The van der Waals surface area contributed by atoms with Crippen molar-refractivity contribution in [3.8, 4) is 0 Å². The zero-order valence-corrected chi connectivity index (χ0v) is 16.6. The second-order valence-corrected chi connectivity index (χ2v) is 7.96. The molecule has 0 radical (unpaired) electrons. The van der Waals surface area contributed by atoms with E-state index in [0.29, 0.717) is 30.0 Å². The minimum absolute atomic E-state index is 0. The summed E-state index contributed by atoms with van der Waals surface area (Å²) in [7, 11) is 0. The van der Waals surface area contributed by atoms with Gasteiger partial charge in [0.1, 0.15) is 0 Å². The molecule has 1 aromatic carbocycles. The average molecular weight is 380 g/mol. The normalized spacial score (nSPS) is 24.1. The maximum absolute atomic E-state index is 12.6. The third kappa shape index (κ3) is 5.21. The largest absolute Gasteiger partial charge is 0.349 e. The highest BCUT2D eigenvalue weighted by Gasteiger charge is 2.34. The molecule has 0 aliphatic carbocycles. The summed E-state index contributed by atoms with van der Waals surface area (Å²) in [5, 5.41) is 9.70. The van der Waals surface area contributed by atoms with E-state index in [2.05, 4.69) is 16.0 Å². The van der Waals surface area contributed by atoms with Crippen LogP contribution >= 0.6 is 12.4 Å². The van der Waals surface area contributed by atoms with Crippen LogP contribution < -0.4 is 16.0 Å². The molecule has 2 saturated heterocycles. The molecule has 26 heavy (non-hydrogen) atoms. The Balaban J connectivity index is 0.00000243. The zero-order chi connectivity index (χ0) is 18.0. The Labute approximate surface area is 162 Å². The van der Waals surface area contributed by atoms with E-state index in [1.807, 2.05) is 32.9 Å². The first-order chi connectivity index (χ1) is 11.9. The molecule has 1 aromatic rings.